The van der Waals surface area contributed by atoms with Crippen molar-refractivity contribution in [2.24, 2.45) is 0 Å². The Morgan fingerprint density at radius 3 is 2.68 bits per heavy atom. The molecule has 0 aromatic carbocycles. The SMILES string of the molecule is CCOC(=O)N[C@@H]1CCCN(C(=O)c2ccc(N(CC)CC)nc2)C1. The molecule has 7 nitrogen and oxygen atoms in total. The van der Waals surface area contributed by atoms with Crippen LogP contribution in [-0.4, -0.2) is 60.7 Å². The fourth-order valence-corrected chi connectivity index (χ4v) is 3.05. The Morgan fingerprint density at radius 1 is 1.32 bits per heavy atom. The lowest BCUT2D eigenvalue weighted by Crippen LogP contribution is -2.49. The van der Waals surface area contributed by atoms with E-state index in [1.54, 1.807) is 18.0 Å². The molecule has 7 heteroatoms. The van der Waals surface area contributed by atoms with Crippen LogP contribution in [0.1, 0.15) is 44.0 Å². The molecule has 2 amide bonds. The lowest BCUT2D eigenvalue weighted by Gasteiger charge is -2.33. The van der Waals surface area contributed by atoms with Crippen molar-refractivity contribution >= 4 is 17.8 Å². The van der Waals surface area contributed by atoms with Crippen molar-refractivity contribution in [3.05, 3.63) is 23.9 Å². The van der Waals surface area contributed by atoms with Crippen LogP contribution >= 0.6 is 0 Å². The molecule has 1 aromatic heterocycles. The maximum Gasteiger partial charge on any atom is 0.407 e. The molecule has 0 unspecified atom stereocenters. The number of aromatic nitrogens is 1. The molecule has 1 aliphatic heterocycles. The normalized spacial score (nSPS) is 17.1. The zero-order valence-electron chi connectivity index (χ0n) is 15.3. The number of pyridine rings is 1. The molecular weight excluding hydrogens is 320 g/mol. The molecule has 1 fully saturated rings. The predicted octanol–water partition coefficient (Wildman–Crippen LogP) is 2.28. The first-order chi connectivity index (χ1) is 12.1. The van der Waals surface area contributed by atoms with E-state index in [4.69, 9.17) is 4.74 Å². The Bertz CT molecular complexity index is 572. The quantitative estimate of drug-likeness (QED) is 0.854. The first kappa shape index (κ1) is 19.0. The Morgan fingerprint density at radius 2 is 2.08 bits per heavy atom. The topological polar surface area (TPSA) is 74.8 Å². The van der Waals surface area contributed by atoms with Crippen LogP contribution in [0.2, 0.25) is 0 Å². The molecule has 1 saturated heterocycles. The standard InChI is InChI=1S/C18H28N4O3/c1-4-21(5-2)16-10-9-14(12-19-16)17(23)22-11-7-8-15(13-22)20-18(24)25-6-3/h9-10,12,15H,4-8,11,13H2,1-3H3,(H,20,24)/t15-/m1/s1. The fourth-order valence-electron chi connectivity index (χ4n) is 3.05. The van der Waals surface area contributed by atoms with E-state index in [-0.39, 0.29) is 11.9 Å². The third-order valence-electron chi connectivity index (χ3n) is 4.39. The summed E-state index contributed by atoms with van der Waals surface area (Å²) in [7, 11) is 0. The van der Waals surface area contributed by atoms with E-state index < -0.39 is 6.09 Å². The van der Waals surface area contributed by atoms with Crippen LogP contribution in [0.15, 0.2) is 18.3 Å². The molecule has 1 atom stereocenters. The highest BCUT2D eigenvalue weighted by molar-refractivity contribution is 5.94. The van der Waals surface area contributed by atoms with Gasteiger partial charge in [0, 0.05) is 38.4 Å². The van der Waals surface area contributed by atoms with Gasteiger partial charge >= 0.3 is 6.09 Å². The lowest BCUT2D eigenvalue weighted by molar-refractivity contribution is 0.0685. The first-order valence-corrected chi connectivity index (χ1v) is 9.02. The van der Waals surface area contributed by atoms with Gasteiger partial charge in [0.15, 0.2) is 0 Å². The fraction of sp³-hybridized carbons (Fsp3) is 0.611. The molecule has 1 aromatic rings. The van der Waals surface area contributed by atoms with E-state index in [2.05, 4.69) is 29.0 Å². The average molecular weight is 348 g/mol. The smallest absolute Gasteiger partial charge is 0.407 e. The number of alkyl carbamates (subject to hydrolysis) is 1. The van der Waals surface area contributed by atoms with Gasteiger partial charge in [-0.1, -0.05) is 0 Å². The van der Waals surface area contributed by atoms with Crippen molar-refractivity contribution in [1.29, 1.82) is 0 Å². The zero-order valence-corrected chi connectivity index (χ0v) is 15.3. The maximum absolute atomic E-state index is 12.7. The predicted molar refractivity (Wildman–Crippen MR) is 96.9 cm³/mol. The summed E-state index contributed by atoms with van der Waals surface area (Å²) in [4.78, 5) is 32.6. The molecular formula is C18H28N4O3. The number of ether oxygens (including phenoxy) is 1. The number of hydrogen-bond donors (Lipinski definition) is 1. The summed E-state index contributed by atoms with van der Waals surface area (Å²) < 4.78 is 4.91. The second-order valence-corrected chi connectivity index (χ2v) is 6.03. The number of carbonyl (C=O) groups excluding carboxylic acids is 2. The highest BCUT2D eigenvalue weighted by Gasteiger charge is 2.26. The van der Waals surface area contributed by atoms with Crippen molar-refractivity contribution in [3.63, 3.8) is 0 Å². The van der Waals surface area contributed by atoms with Gasteiger partial charge in [0.2, 0.25) is 0 Å². The molecule has 0 saturated carbocycles. The van der Waals surface area contributed by atoms with Crippen LogP contribution < -0.4 is 10.2 Å². The van der Waals surface area contributed by atoms with E-state index in [0.717, 1.165) is 31.7 Å². The van der Waals surface area contributed by atoms with Gasteiger partial charge in [0.1, 0.15) is 5.82 Å². The summed E-state index contributed by atoms with van der Waals surface area (Å²) in [6, 6.07) is 3.64. The van der Waals surface area contributed by atoms with Crippen molar-refractivity contribution in [2.45, 2.75) is 39.7 Å². The van der Waals surface area contributed by atoms with Gasteiger partial charge in [-0.15, -0.1) is 0 Å². The Kier molecular flexibility index (Phi) is 7.03. The molecule has 0 bridgehead atoms. The highest BCUT2D eigenvalue weighted by atomic mass is 16.5. The van der Waals surface area contributed by atoms with Gasteiger partial charge in [0.25, 0.3) is 5.91 Å². The minimum absolute atomic E-state index is 0.0473. The number of nitrogens with one attached hydrogen (secondary N) is 1. The summed E-state index contributed by atoms with van der Waals surface area (Å²) in [5, 5.41) is 2.82. The van der Waals surface area contributed by atoms with Gasteiger partial charge in [-0.3, -0.25) is 4.79 Å². The molecule has 1 N–H and O–H groups in total. The van der Waals surface area contributed by atoms with Crippen molar-refractivity contribution < 1.29 is 14.3 Å². The lowest BCUT2D eigenvalue weighted by atomic mass is 10.0. The van der Waals surface area contributed by atoms with E-state index in [1.165, 1.54) is 0 Å². The Hall–Kier alpha value is -2.31. The first-order valence-electron chi connectivity index (χ1n) is 9.02. The number of rotatable bonds is 6. The summed E-state index contributed by atoms with van der Waals surface area (Å²) in [5.41, 5.74) is 0.577. The Balaban J connectivity index is 1.98. The average Bonchev–Trinajstić information content (AvgIpc) is 2.63. The van der Waals surface area contributed by atoms with Crippen LogP contribution in [0, 0.1) is 0 Å². The largest absolute Gasteiger partial charge is 0.450 e. The van der Waals surface area contributed by atoms with Crippen LogP contribution in [0.5, 0.6) is 0 Å². The number of amides is 2. The van der Waals surface area contributed by atoms with Gasteiger partial charge in [-0.2, -0.15) is 0 Å². The summed E-state index contributed by atoms with van der Waals surface area (Å²) >= 11 is 0. The third kappa shape index (κ3) is 5.08. The molecule has 1 aliphatic rings. The van der Waals surface area contributed by atoms with Crippen LogP contribution in [0.25, 0.3) is 0 Å². The van der Waals surface area contributed by atoms with Crippen LogP contribution in [-0.2, 0) is 4.74 Å². The summed E-state index contributed by atoms with van der Waals surface area (Å²) in [5.74, 6) is 0.830. The second-order valence-electron chi connectivity index (χ2n) is 6.03. The highest BCUT2D eigenvalue weighted by Crippen LogP contribution is 2.16. The third-order valence-corrected chi connectivity index (χ3v) is 4.39. The zero-order chi connectivity index (χ0) is 18.2. The molecule has 2 rings (SSSR count). The van der Waals surface area contributed by atoms with E-state index in [0.29, 0.717) is 25.3 Å². The number of piperidine rings is 1. The van der Waals surface area contributed by atoms with E-state index in [1.807, 2.05) is 12.1 Å². The van der Waals surface area contributed by atoms with Crippen LogP contribution in [0.3, 0.4) is 0 Å². The monoisotopic (exact) mass is 348 g/mol. The van der Waals surface area contributed by atoms with E-state index in [9.17, 15) is 9.59 Å². The molecule has 0 aliphatic carbocycles. The number of carbonyl (C=O) groups is 2. The number of nitrogens with zero attached hydrogens (tertiary/aromatic N) is 3. The molecule has 138 valence electrons. The Labute approximate surface area is 149 Å². The summed E-state index contributed by atoms with van der Waals surface area (Å²) in [6.45, 7) is 9.21. The number of hydrogen-bond acceptors (Lipinski definition) is 5. The van der Waals surface area contributed by atoms with Crippen molar-refractivity contribution in [2.75, 3.05) is 37.7 Å². The van der Waals surface area contributed by atoms with Gasteiger partial charge < -0.3 is 19.9 Å². The molecule has 2 heterocycles. The van der Waals surface area contributed by atoms with Gasteiger partial charge in [-0.25, -0.2) is 9.78 Å². The second kappa shape index (κ2) is 9.25. The minimum atomic E-state index is -0.424. The molecule has 25 heavy (non-hydrogen) atoms. The number of likely N-dealkylation sites (tertiary alicyclic amines) is 1. The van der Waals surface area contributed by atoms with Crippen molar-refractivity contribution in [1.82, 2.24) is 15.2 Å². The van der Waals surface area contributed by atoms with E-state index >= 15 is 0 Å². The summed E-state index contributed by atoms with van der Waals surface area (Å²) in [6.07, 6.45) is 2.92. The van der Waals surface area contributed by atoms with Crippen LogP contribution in [0.4, 0.5) is 10.6 Å². The number of anilines is 1. The van der Waals surface area contributed by atoms with Gasteiger partial charge in [0.05, 0.1) is 12.2 Å². The molecule has 0 spiro atoms. The van der Waals surface area contributed by atoms with Gasteiger partial charge in [-0.05, 0) is 45.7 Å². The maximum atomic E-state index is 12.7. The van der Waals surface area contributed by atoms with Crippen molar-refractivity contribution in [3.8, 4) is 0 Å². The minimum Gasteiger partial charge on any atom is -0.450 e. The molecule has 0 radical (unpaired) electrons.